The molecule has 0 aromatic carbocycles. The van der Waals surface area contributed by atoms with Crippen LogP contribution in [0.2, 0.25) is 0 Å². The number of nitrogens with zero attached hydrogens (tertiary/aromatic N) is 3. The minimum atomic E-state index is -3.66. The Bertz CT molecular complexity index is 876. The van der Waals surface area contributed by atoms with Crippen molar-refractivity contribution < 1.29 is 13.2 Å². The SMILES string of the molecule is COC(CN(C)c1nc(C)ccc1S(=O)(=O)NC1CCN(C2CCCCC2)CC1)C1CCC1. The number of aromatic nitrogens is 1. The molecular formula is C25H42N4O3S. The van der Waals surface area contributed by atoms with Crippen molar-refractivity contribution in [1.29, 1.82) is 0 Å². The average molecular weight is 479 g/mol. The standard InChI is InChI=1S/C25H42N4O3S/c1-19-12-13-24(25(26-19)28(2)18-23(32-3)20-8-7-9-20)33(30,31)27-21-14-16-29(17-15-21)22-10-5-4-6-11-22/h12-13,20-23,27H,4-11,14-18H2,1-3H3. The van der Waals surface area contributed by atoms with Crippen LogP contribution in [0.15, 0.2) is 17.0 Å². The summed E-state index contributed by atoms with van der Waals surface area (Å²) in [5.41, 5.74) is 0.814. The topological polar surface area (TPSA) is 74.8 Å². The summed E-state index contributed by atoms with van der Waals surface area (Å²) in [4.78, 5) is 9.45. The molecule has 0 radical (unpaired) electrons. The molecule has 2 heterocycles. The number of methoxy groups -OCH3 is 1. The number of hydrogen-bond acceptors (Lipinski definition) is 6. The molecule has 0 spiro atoms. The highest BCUT2D eigenvalue weighted by Gasteiger charge is 2.32. The van der Waals surface area contributed by atoms with Crippen molar-refractivity contribution in [2.24, 2.45) is 5.92 Å². The van der Waals surface area contributed by atoms with Crippen molar-refractivity contribution in [3.05, 3.63) is 17.8 Å². The first-order chi connectivity index (χ1) is 15.9. The first kappa shape index (κ1) is 24.9. The third kappa shape index (κ3) is 6.08. The van der Waals surface area contributed by atoms with Crippen molar-refractivity contribution in [2.45, 2.75) is 94.2 Å². The van der Waals surface area contributed by atoms with Gasteiger partial charge in [-0.25, -0.2) is 18.1 Å². The molecule has 3 aliphatic rings. The van der Waals surface area contributed by atoms with E-state index in [1.165, 1.54) is 51.4 Å². The van der Waals surface area contributed by atoms with Gasteiger partial charge in [-0.15, -0.1) is 0 Å². The lowest BCUT2D eigenvalue weighted by Gasteiger charge is -2.39. The molecule has 2 saturated carbocycles. The number of sulfonamides is 1. The van der Waals surface area contributed by atoms with Gasteiger partial charge < -0.3 is 14.5 Å². The molecule has 1 saturated heterocycles. The van der Waals surface area contributed by atoms with Gasteiger partial charge in [0.15, 0.2) is 0 Å². The maximum atomic E-state index is 13.5. The molecule has 1 N–H and O–H groups in total. The highest BCUT2D eigenvalue weighted by molar-refractivity contribution is 7.89. The number of likely N-dealkylation sites (tertiary alicyclic amines) is 1. The van der Waals surface area contributed by atoms with Crippen LogP contribution in [0.4, 0.5) is 5.82 Å². The highest BCUT2D eigenvalue weighted by Crippen LogP contribution is 2.33. The summed E-state index contributed by atoms with van der Waals surface area (Å²) in [6.07, 6.45) is 12.1. The molecule has 1 atom stereocenters. The lowest BCUT2D eigenvalue weighted by Crippen LogP contribution is -2.48. The Kier molecular flexibility index (Phi) is 8.31. The zero-order valence-electron chi connectivity index (χ0n) is 20.6. The maximum absolute atomic E-state index is 13.5. The van der Waals surface area contributed by atoms with E-state index in [1.807, 2.05) is 18.9 Å². The van der Waals surface area contributed by atoms with E-state index < -0.39 is 10.0 Å². The monoisotopic (exact) mass is 478 g/mol. The number of rotatable bonds is 9. The van der Waals surface area contributed by atoms with Gasteiger partial charge in [-0.2, -0.15) is 0 Å². The largest absolute Gasteiger partial charge is 0.379 e. The Morgan fingerprint density at radius 2 is 1.79 bits per heavy atom. The Morgan fingerprint density at radius 1 is 1.09 bits per heavy atom. The lowest BCUT2D eigenvalue weighted by atomic mass is 9.81. The summed E-state index contributed by atoms with van der Waals surface area (Å²) < 4.78 is 35.7. The van der Waals surface area contributed by atoms with E-state index in [4.69, 9.17) is 4.74 Å². The Balaban J connectivity index is 1.42. The minimum absolute atomic E-state index is 0.0176. The maximum Gasteiger partial charge on any atom is 0.244 e. The van der Waals surface area contributed by atoms with Gasteiger partial charge in [0, 0.05) is 38.5 Å². The predicted octanol–water partition coefficient (Wildman–Crippen LogP) is 3.72. The first-order valence-electron chi connectivity index (χ1n) is 12.9. The number of nitrogens with one attached hydrogen (secondary N) is 1. The lowest BCUT2D eigenvalue weighted by molar-refractivity contribution is 0.0251. The number of aryl methyl sites for hydroxylation is 1. The van der Waals surface area contributed by atoms with Gasteiger partial charge in [0.25, 0.3) is 0 Å². The van der Waals surface area contributed by atoms with E-state index in [2.05, 4.69) is 14.6 Å². The average Bonchev–Trinajstić information content (AvgIpc) is 2.78. The van der Waals surface area contributed by atoms with Gasteiger partial charge in [0.05, 0.1) is 6.10 Å². The van der Waals surface area contributed by atoms with E-state index in [0.29, 0.717) is 24.3 Å². The summed E-state index contributed by atoms with van der Waals surface area (Å²) in [7, 11) is 0.0116. The molecule has 1 aromatic heterocycles. The molecule has 1 unspecified atom stereocenters. The molecule has 0 amide bonds. The summed E-state index contributed by atoms with van der Waals surface area (Å²) in [6, 6.07) is 4.18. The van der Waals surface area contributed by atoms with Crippen LogP contribution in [0.1, 0.15) is 69.9 Å². The Morgan fingerprint density at radius 3 is 2.39 bits per heavy atom. The predicted molar refractivity (Wildman–Crippen MR) is 132 cm³/mol. The molecule has 1 aliphatic heterocycles. The quantitative estimate of drug-likeness (QED) is 0.583. The third-order valence-electron chi connectivity index (χ3n) is 8.00. The molecule has 4 rings (SSSR count). The van der Waals surface area contributed by atoms with Gasteiger partial charge >= 0.3 is 0 Å². The van der Waals surface area contributed by atoms with Crippen LogP contribution in [0.3, 0.4) is 0 Å². The number of ether oxygens (including phenoxy) is 1. The second kappa shape index (κ2) is 11.0. The van der Waals surface area contributed by atoms with Crippen LogP contribution in [-0.2, 0) is 14.8 Å². The van der Waals surface area contributed by atoms with Crippen LogP contribution in [-0.4, -0.2) is 70.3 Å². The van der Waals surface area contributed by atoms with Crippen LogP contribution in [0.25, 0.3) is 0 Å². The fourth-order valence-corrected chi connectivity index (χ4v) is 7.20. The summed E-state index contributed by atoms with van der Waals surface area (Å²) in [5.74, 6) is 1.07. The molecule has 2 aliphatic carbocycles. The molecule has 0 bridgehead atoms. The van der Waals surface area contributed by atoms with Crippen LogP contribution in [0, 0.1) is 12.8 Å². The van der Waals surface area contributed by atoms with Gasteiger partial charge in [0.2, 0.25) is 10.0 Å². The normalized spacial score (nSPS) is 22.8. The van der Waals surface area contributed by atoms with Crippen LogP contribution >= 0.6 is 0 Å². The molecule has 8 heteroatoms. The number of piperidine rings is 1. The minimum Gasteiger partial charge on any atom is -0.379 e. The van der Waals surface area contributed by atoms with E-state index in [0.717, 1.165) is 31.6 Å². The van der Waals surface area contributed by atoms with Gasteiger partial charge in [-0.1, -0.05) is 25.7 Å². The van der Waals surface area contributed by atoms with Crippen molar-refractivity contribution in [3.8, 4) is 0 Å². The Labute approximate surface area is 200 Å². The summed E-state index contributed by atoms with van der Waals surface area (Å²) in [6.45, 7) is 4.50. The molecule has 186 valence electrons. The van der Waals surface area contributed by atoms with Gasteiger partial charge in [-0.3, -0.25) is 0 Å². The van der Waals surface area contributed by atoms with Crippen LogP contribution in [0.5, 0.6) is 0 Å². The van der Waals surface area contributed by atoms with Crippen LogP contribution < -0.4 is 9.62 Å². The zero-order chi connectivity index (χ0) is 23.4. The molecule has 3 fully saturated rings. The fourth-order valence-electron chi connectivity index (χ4n) is 5.71. The third-order valence-corrected chi connectivity index (χ3v) is 9.55. The summed E-state index contributed by atoms with van der Waals surface area (Å²) >= 11 is 0. The van der Waals surface area contributed by atoms with Crippen molar-refractivity contribution in [1.82, 2.24) is 14.6 Å². The number of likely N-dealkylation sites (N-methyl/N-ethyl adjacent to an activating group) is 1. The number of anilines is 1. The van der Waals surface area contributed by atoms with Crippen molar-refractivity contribution in [2.75, 3.05) is 38.7 Å². The zero-order valence-corrected chi connectivity index (χ0v) is 21.4. The Hall–Kier alpha value is -1.22. The smallest absolute Gasteiger partial charge is 0.244 e. The molecule has 33 heavy (non-hydrogen) atoms. The van der Waals surface area contributed by atoms with Gasteiger partial charge in [0.1, 0.15) is 10.7 Å². The number of hydrogen-bond donors (Lipinski definition) is 1. The second-order valence-corrected chi connectivity index (χ2v) is 12.0. The number of pyridine rings is 1. The van der Waals surface area contributed by atoms with Crippen molar-refractivity contribution in [3.63, 3.8) is 0 Å². The van der Waals surface area contributed by atoms with E-state index in [9.17, 15) is 8.42 Å². The second-order valence-electron chi connectivity index (χ2n) is 10.3. The van der Waals surface area contributed by atoms with E-state index in [-0.39, 0.29) is 17.0 Å². The highest BCUT2D eigenvalue weighted by atomic mass is 32.2. The molecule has 1 aromatic rings. The molecule has 7 nitrogen and oxygen atoms in total. The van der Waals surface area contributed by atoms with Gasteiger partial charge in [-0.05, 0) is 76.6 Å². The van der Waals surface area contributed by atoms with E-state index >= 15 is 0 Å². The van der Waals surface area contributed by atoms with Crippen molar-refractivity contribution >= 4 is 15.8 Å². The van der Waals surface area contributed by atoms with E-state index in [1.54, 1.807) is 19.2 Å². The summed E-state index contributed by atoms with van der Waals surface area (Å²) in [5, 5.41) is 0. The fraction of sp³-hybridized carbons (Fsp3) is 0.800. The molecular weight excluding hydrogens is 436 g/mol. The first-order valence-corrected chi connectivity index (χ1v) is 14.3.